The summed E-state index contributed by atoms with van der Waals surface area (Å²) in [7, 11) is 0. The third kappa shape index (κ3) is 4.43. The monoisotopic (exact) mass is 573 g/mol. The molecule has 5 heterocycles. The molecule has 1 aromatic carbocycles. The molecule has 7 rings (SSSR count). The average molecular weight is 574 g/mol. The highest BCUT2D eigenvalue weighted by atomic mass is 35.5. The Kier molecular flexibility index (Phi) is 6.83. The Hall–Kier alpha value is -2.23. The van der Waals surface area contributed by atoms with E-state index in [0.717, 1.165) is 74.4 Å². The highest BCUT2D eigenvalue weighted by Gasteiger charge is 2.50. The summed E-state index contributed by atoms with van der Waals surface area (Å²) >= 11 is 6.56. The van der Waals surface area contributed by atoms with Gasteiger partial charge in [-0.15, -0.1) is 0 Å². The largest absolute Gasteiger partial charge is 0.461 e. The van der Waals surface area contributed by atoms with Gasteiger partial charge in [0, 0.05) is 48.6 Å². The Morgan fingerprint density at radius 3 is 2.73 bits per heavy atom. The van der Waals surface area contributed by atoms with Crippen LogP contribution < -0.4 is 15.4 Å². The maximum Gasteiger partial charge on any atom is 0.318 e. The molecule has 2 unspecified atom stereocenters. The van der Waals surface area contributed by atoms with E-state index >= 15 is 4.39 Å². The van der Waals surface area contributed by atoms with Gasteiger partial charge in [-0.25, -0.2) is 8.78 Å². The number of anilines is 2. The molecule has 2 aromatic rings. The Bertz CT molecular complexity index is 1310. The van der Waals surface area contributed by atoms with Crippen LogP contribution in [0.15, 0.2) is 6.07 Å². The maximum absolute atomic E-state index is 15.6. The lowest BCUT2D eigenvalue weighted by molar-refractivity contribution is -0.0876. The Labute approximate surface area is 239 Å². The minimum atomic E-state index is -0.890. The second-order valence-corrected chi connectivity index (χ2v) is 12.9. The standard InChI is InChI=1S/C30H38ClF2N5O2/c31-22-13-23(34)26(33)25-20(22)7-5-9-30(25)15-24-21(17-40-30)27(37-10-3-1-2-4-11-37)36-28(35-24)39-18-29-8-6-12-38(29)16-19(32)14-29/h13,19H,1-12,14-18,34H2/t19-,29?,30?/m1/s1. The molecule has 1 spiro atoms. The number of nitrogen functional groups attached to an aromatic ring is 1. The van der Waals surface area contributed by atoms with Crippen LogP contribution in [0.3, 0.4) is 0 Å². The van der Waals surface area contributed by atoms with Crippen molar-refractivity contribution in [3.8, 4) is 6.01 Å². The first-order valence-corrected chi connectivity index (χ1v) is 15.3. The minimum absolute atomic E-state index is 0.0412. The van der Waals surface area contributed by atoms with Crippen molar-refractivity contribution < 1.29 is 18.3 Å². The fourth-order valence-electron chi connectivity index (χ4n) is 7.98. The van der Waals surface area contributed by atoms with Gasteiger partial charge in [-0.3, -0.25) is 4.90 Å². The summed E-state index contributed by atoms with van der Waals surface area (Å²) in [4.78, 5) is 14.5. The van der Waals surface area contributed by atoms with Crippen molar-refractivity contribution >= 4 is 23.1 Å². The smallest absolute Gasteiger partial charge is 0.318 e. The number of benzene rings is 1. The van der Waals surface area contributed by atoms with Gasteiger partial charge in [-0.05, 0) is 63.1 Å². The zero-order valence-electron chi connectivity index (χ0n) is 23.0. The third-order valence-electron chi connectivity index (χ3n) is 9.94. The highest BCUT2D eigenvalue weighted by Crippen LogP contribution is 2.49. The van der Waals surface area contributed by atoms with Crippen LogP contribution in [0.2, 0.25) is 5.02 Å². The van der Waals surface area contributed by atoms with Crippen LogP contribution in [0.4, 0.5) is 20.3 Å². The number of rotatable bonds is 4. The summed E-state index contributed by atoms with van der Waals surface area (Å²) in [6.07, 6.45) is 8.84. The minimum Gasteiger partial charge on any atom is -0.461 e. The van der Waals surface area contributed by atoms with Crippen molar-refractivity contribution in [1.82, 2.24) is 14.9 Å². The molecule has 4 aliphatic heterocycles. The van der Waals surface area contributed by atoms with Crippen molar-refractivity contribution in [2.75, 3.05) is 43.4 Å². The molecule has 216 valence electrons. The number of ether oxygens (including phenoxy) is 2. The van der Waals surface area contributed by atoms with E-state index < -0.39 is 17.6 Å². The van der Waals surface area contributed by atoms with E-state index in [0.29, 0.717) is 55.4 Å². The Morgan fingerprint density at radius 1 is 1.07 bits per heavy atom. The zero-order valence-corrected chi connectivity index (χ0v) is 23.7. The van der Waals surface area contributed by atoms with Gasteiger partial charge in [-0.2, -0.15) is 9.97 Å². The number of hydrogen-bond acceptors (Lipinski definition) is 7. The third-order valence-corrected chi connectivity index (χ3v) is 10.3. The normalized spacial score (nSPS) is 30.2. The molecule has 10 heteroatoms. The first-order chi connectivity index (χ1) is 19.4. The lowest BCUT2D eigenvalue weighted by Crippen LogP contribution is -2.44. The summed E-state index contributed by atoms with van der Waals surface area (Å²) in [5.74, 6) is 0.415. The van der Waals surface area contributed by atoms with Crippen molar-refractivity contribution in [3.05, 3.63) is 39.3 Å². The van der Waals surface area contributed by atoms with E-state index in [1.807, 2.05) is 0 Å². The molecule has 1 aromatic heterocycles. The number of hydrogen-bond donors (Lipinski definition) is 1. The van der Waals surface area contributed by atoms with Crippen molar-refractivity contribution in [3.63, 3.8) is 0 Å². The van der Waals surface area contributed by atoms with E-state index in [2.05, 4.69) is 9.80 Å². The van der Waals surface area contributed by atoms with Gasteiger partial charge in [0.25, 0.3) is 0 Å². The summed E-state index contributed by atoms with van der Waals surface area (Å²) in [5, 5.41) is 0.488. The van der Waals surface area contributed by atoms with Gasteiger partial charge in [0.1, 0.15) is 24.2 Å². The van der Waals surface area contributed by atoms with Crippen LogP contribution in [0.1, 0.15) is 80.2 Å². The van der Waals surface area contributed by atoms with Gasteiger partial charge in [0.05, 0.1) is 23.5 Å². The van der Waals surface area contributed by atoms with Crippen molar-refractivity contribution in [1.29, 1.82) is 0 Å². The number of aromatic nitrogens is 2. The van der Waals surface area contributed by atoms with Gasteiger partial charge in [0.15, 0.2) is 5.82 Å². The van der Waals surface area contributed by atoms with E-state index in [1.165, 1.54) is 18.9 Å². The molecule has 0 saturated carbocycles. The summed E-state index contributed by atoms with van der Waals surface area (Å²) < 4.78 is 43.0. The first-order valence-electron chi connectivity index (χ1n) is 14.9. The zero-order chi connectivity index (χ0) is 27.5. The Morgan fingerprint density at radius 2 is 1.90 bits per heavy atom. The van der Waals surface area contributed by atoms with Gasteiger partial charge >= 0.3 is 6.01 Å². The molecular formula is C30H38ClF2N5O2. The van der Waals surface area contributed by atoms with E-state index in [9.17, 15) is 4.39 Å². The SMILES string of the molecule is Nc1cc(Cl)c2c(c1F)C1(CCC2)Cc2nc(OCC34CCCN3C[C@H](F)C4)nc(N3CCCCCC3)c2CO1. The number of alkyl halides is 1. The number of halogens is 3. The molecule has 7 nitrogen and oxygen atoms in total. The Balaban J connectivity index is 1.27. The summed E-state index contributed by atoms with van der Waals surface area (Å²) in [6, 6.07) is 1.83. The van der Waals surface area contributed by atoms with Gasteiger partial charge < -0.3 is 20.1 Å². The maximum atomic E-state index is 15.6. The van der Waals surface area contributed by atoms with Gasteiger partial charge in [-0.1, -0.05) is 24.4 Å². The lowest BCUT2D eigenvalue weighted by Gasteiger charge is -2.43. The molecule has 2 N–H and O–H groups in total. The number of nitrogens with zero attached hydrogens (tertiary/aromatic N) is 4. The fraction of sp³-hybridized carbons (Fsp3) is 0.667. The van der Waals surface area contributed by atoms with Crippen LogP contribution in [-0.4, -0.2) is 59.4 Å². The molecule has 3 atom stereocenters. The second-order valence-electron chi connectivity index (χ2n) is 12.4. The topological polar surface area (TPSA) is 76.7 Å². The quantitative estimate of drug-likeness (QED) is 0.485. The van der Waals surface area contributed by atoms with Crippen LogP contribution in [0.25, 0.3) is 0 Å². The fourth-order valence-corrected chi connectivity index (χ4v) is 8.28. The lowest BCUT2D eigenvalue weighted by atomic mass is 9.74. The molecule has 3 fully saturated rings. The molecular weight excluding hydrogens is 536 g/mol. The van der Waals surface area contributed by atoms with Gasteiger partial charge in [0.2, 0.25) is 0 Å². The van der Waals surface area contributed by atoms with Crippen LogP contribution >= 0.6 is 11.6 Å². The summed E-state index contributed by atoms with van der Waals surface area (Å²) in [6.45, 7) is 3.87. The number of nitrogens with two attached hydrogens (primary N) is 1. The first kappa shape index (κ1) is 26.7. The summed E-state index contributed by atoms with van der Waals surface area (Å²) in [5.41, 5.74) is 7.95. The predicted octanol–water partition coefficient (Wildman–Crippen LogP) is 5.49. The van der Waals surface area contributed by atoms with E-state index in [-0.39, 0.29) is 17.8 Å². The van der Waals surface area contributed by atoms with Crippen LogP contribution in [-0.2, 0) is 29.8 Å². The van der Waals surface area contributed by atoms with Crippen molar-refractivity contribution in [2.45, 2.75) is 94.5 Å². The number of fused-ring (bicyclic) bond motifs is 4. The predicted molar refractivity (Wildman–Crippen MR) is 150 cm³/mol. The molecule has 0 radical (unpaired) electrons. The molecule has 5 aliphatic rings. The molecule has 0 amide bonds. The van der Waals surface area contributed by atoms with E-state index in [1.54, 1.807) is 0 Å². The molecule has 0 bridgehead atoms. The highest BCUT2D eigenvalue weighted by molar-refractivity contribution is 6.31. The van der Waals surface area contributed by atoms with E-state index in [4.69, 9.17) is 36.8 Å². The average Bonchev–Trinajstić information content (AvgIpc) is 3.31. The van der Waals surface area contributed by atoms with Crippen LogP contribution in [0.5, 0.6) is 6.01 Å². The molecule has 3 saturated heterocycles. The van der Waals surface area contributed by atoms with Crippen LogP contribution in [0, 0.1) is 5.82 Å². The molecule has 40 heavy (non-hydrogen) atoms. The second kappa shape index (κ2) is 10.2. The molecule has 1 aliphatic carbocycles. The van der Waals surface area contributed by atoms with Crippen molar-refractivity contribution in [2.24, 2.45) is 0 Å².